The number of aryl methyl sites for hydroxylation is 1. The van der Waals surface area contributed by atoms with E-state index in [4.69, 9.17) is 9.47 Å². The summed E-state index contributed by atoms with van der Waals surface area (Å²) in [5, 5.41) is 0. The van der Waals surface area contributed by atoms with E-state index in [-0.39, 0.29) is 5.92 Å². The van der Waals surface area contributed by atoms with Crippen molar-refractivity contribution in [3.63, 3.8) is 0 Å². The lowest BCUT2D eigenvalue weighted by Gasteiger charge is -2.30. The fourth-order valence-corrected chi connectivity index (χ4v) is 4.75. The van der Waals surface area contributed by atoms with Gasteiger partial charge in [-0.1, -0.05) is 0 Å². The van der Waals surface area contributed by atoms with Crippen LogP contribution in [0.2, 0.25) is 0 Å². The summed E-state index contributed by atoms with van der Waals surface area (Å²) < 4.78 is 38.0. The van der Waals surface area contributed by atoms with Crippen LogP contribution in [0.1, 0.15) is 30.1 Å². The van der Waals surface area contributed by atoms with Crippen LogP contribution >= 0.6 is 0 Å². The second-order valence-corrected chi connectivity index (χ2v) is 8.36. The molecule has 2 aromatic rings. The number of H-pyrrole nitrogens is 1. The molecule has 1 aliphatic rings. The number of benzene rings is 1. The van der Waals surface area contributed by atoms with Crippen molar-refractivity contribution in [1.29, 1.82) is 0 Å². The number of ether oxygens (including phenoxy) is 2. The maximum atomic E-state index is 12.9. The first kappa shape index (κ1) is 18.9. The summed E-state index contributed by atoms with van der Waals surface area (Å²) in [6.45, 7) is 3.77. The average Bonchev–Trinajstić information content (AvgIpc) is 3.18. The molecule has 1 aromatic carbocycles. The maximum Gasteiger partial charge on any atom is 0.243 e. The highest BCUT2D eigenvalue weighted by molar-refractivity contribution is 7.89. The lowest BCUT2D eigenvalue weighted by atomic mass is 9.98. The Labute approximate surface area is 154 Å². The first-order chi connectivity index (χ1) is 12.5. The van der Waals surface area contributed by atoms with Crippen molar-refractivity contribution < 1.29 is 17.9 Å². The fourth-order valence-electron chi connectivity index (χ4n) is 3.20. The molecule has 0 aliphatic carbocycles. The number of hydrogen-bond acceptors (Lipinski definition) is 5. The summed E-state index contributed by atoms with van der Waals surface area (Å²) >= 11 is 0. The summed E-state index contributed by atoms with van der Waals surface area (Å²) in [5.41, 5.74) is 0.799. The van der Waals surface area contributed by atoms with Crippen LogP contribution in [0, 0.1) is 6.92 Å². The lowest BCUT2D eigenvalue weighted by Crippen LogP contribution is -2.38. The van der Waals surface area contributed by atoms with Gasteiger partial charge in [0.05, 0.1) is 11.5 Å². The molecule has 3 rings (SSSR count). The van der Waals surface area contributed by atoms with Gasteiger partial charge in [-0.2, -0.15) is 4.31 Å². The molecule has 142 valence electrons. The van der Waals surface area contributed by atoms with E-state index in [2.05, 4.69) is 9.97 Å². The van der Waals surface area contributed by atoms with E-state index >= 15 is 0 Å². The zero-order chi connectivity index (χ0) is 18.6. The molecule has 1 aromatic heterocycles. The van der Waals surface area contributed by atoms with Crippen LogP contribution in [0.25, 0.3) is 0 Å². The third-order valence-corrected chi connectivity index (χ3v) is 6.58. The van der Waals surface area contributed by atoms with Gasteiger partial charge in [0, 0.05) is 38.5 Å². The number of imidazole rings is 1. The van der Waals surface area contributed by atoms with Crippen LogP contribution in [0.5, 0.6) is 5.75 Å². The molecule has 26 heavy (non-hydrogen) atoms. The number of nitrogens with one attached hydrogen (secondary N) is 1. The largest absolute Gasteiger partial charge is 0.491 e. The summed E-state index contributed by atoms with van der Waals surface area (Å²) in [6.07, 6.45) is 5.07. The Bertz CT molecular complexity index is 813. The Morgan fingerprint density at radius 2 is 2.04 bits per heavy atom. The van der Waals surface area contributed by atoms with Crippen LogP contribution in [0.15, 0.2) is 35.5 Å². The molecule has 0 atom stereocenters. The lowest BCUT2D eigenvalue weighted by molar-refractivity contribution is 0.146. The summed E-state index contributed by atoms with van der Waals surface area (Å²) in [5.74, 6) is 1.91. The number of aromatic nitrogens is 2. The number of sulfonamides is 1. The third kappa shape index (κ3) is 4.08. The molecular formula is C18H25N3O4S. The maximum absolute atomic E-state index is 12.9. The molecule has 0 unspecified atom stereocenters. The number of nitrogens with zero attached hydrogens (tertiary/aromatic N) is 2. The van der Waals surface area contributed by atoms with Gasteiger partial charge in [-0.15, -0.1) is 0 Å². The number of piperidine rings is 1. The highest BCUT2D eigenvalue weighted by atomic mass is 32.2. The minimum Gasteiger partial charge on any atom is -0.491 e. The number of methoxy groups -OCH3 is 1. The van der Waals surface area contributed by atoms with Crippen LogP contribution in [0.3, 0.4) is 0 Å². The van der Waals surface area contributed by atoms with Crippen LogP contribution in [0.4, 0.5) is 0 Å². The van der Waals surface area contributed by atoms with Crippen molar-refractivity contribution in [2.75, 3.05) is 33.4 Å². The highest BCUT2D eigenvalue weighted by Crippen LogP contribution is 2.30. The molecule has 1 saturated heterocycles. The highest BCUT2D eigenvalue weighted by Gasteiger charge is 2.31. The first-order valence-electron chi connectivity index (χ1n) is 8.74. The molecule has 0 spiro atoms. The van der Waals surface area contributed by atoms with Gasteiger partial charge in [-0.25, -0.2) is 13.4 Å². The molecule has 0 saturated carbocycles. The topological polar surface area (TPSA) is 84.5 Å². The number of hydrogen-bond donors (Lipinski definition) is 1. The number of aromatic amines is 1. The van der Waals surface area contributed by atoms with E-state index in [1.54, 1.807) is 42.0 Å². The Hall–Kier alpha value is -1.90. The van der Waals surface area contributed by atoms with Gasteiger partial charge < -0.3 is 14.5 Å². The molecule has 0 amide bonds. The van der Waals surface area contributed by atoms with Gasteiger partial charge in [0.25, 0.3) is 0 Å². The SMILES string of the molecule is COCCOc1ccc(S(=O)(=O)N2CCC(c3ncc[nH]3)CC2)cc1C. The smallest absolute Gasteiger partial charge is 0.243 e. The Morgan fingerprint density at radius 1 is 1.27 bits per heavy atom. The number of rotatable bonds is 7. The van der Waals surface area contributed by atoms with Gasteiger partial charge in [-0.3, -0.25) is 0 Å². The monoisotopic (exact) mass is 379 g/mol. The van der Waals surface area contributed by atoms with E-state index in [9.17, 15) is 8.42 Å². The van der Waals surface area contributed by atoms with Crippen molar-refractivity contribution in [1.82, 2.24) is 14.3 Å². The van der Waals surface area contributed by atoms with Crippen molar-refractivity contribution >= 4 is 10.0 Å². The molecule has 0 bridgehead atoms. The Balaban J connectivity index is 1.67. The fraction of sp³-hybridized carbons (Fsp3) is 0.500. The minimum atomic E-state index is -3.50. The quantitative estimate of drug-likeness (QED) is 0.746. The third-order valence-electron chi connectivity index (χ3n) is 4.69. The van der Waals surface area contributed by atoms with E-state index in [1.807, 2.05) is 6.92 Å². The molecule has 1 N–H and O–H groups in total. The Morgan fingerprint density at radius 3 is 2.65 bits per heavy atom. The van der Waals surface area contributed by atoms with Crippen molar-refractivity contribution in [3.8, 4) is 5.75 Å². The summed E-state index contributed by atoms with van der Waals surface area (Å²) in [4.78, 5) is 7.73. The molecule has 2 heterocycles. The van der Waals surface area contributed by atoms with Crippen LogP contribution in [-0.4, -0.2) is 56.1 Å². The summed E-state index contributed by atoms with van der Waals surface area (Å²) in [7, 11) is -1.88. The second kappa shape index (κ2) is 8.20. The first-order valence-corrected chi connectivity index (χ1v) is 10.2. The second-order valence-electron chi connectivity index (χ2n) is 6.42. The zero-order valence-electron chi connectivity index (χ0n) is 15.1. The minimum absolute atomic E-state index is 0.287. The predicted octanol–water partition coefficient (Wildman–Crippen LogP) is 2.31. The van der Waals surface area contributed by atoms with E-state index in [0.29, 0.717) is 36.9 Å². The molecule has 7 nitrogen and oxygen atoms in total. The van der Waals surface area contributed by atoms with Crippen LogP contribution < -0.4 is 4.74 Å². The Kier molecular flexibility index (Phi) is 5.95. The van der Waals surface area contributed by atoms with Gasteiger partial charge in [0.15, 0.2) is 0 Å². The van der Waals surface area contributed by atoms with Gasteiger partial charge in [0.1, 0.15) is 18.2 Å². The molecule has 8 heteroatoms. The van der Waals surface area contributed by atoms with Gasteiger partial charge in [-0.05, 0) is 43.5 Å². The van der Waals surface area contributed by atoms with Crippen molar-refractivity contribution in [2.24, 2.45) is 0 Å². The van der Waals surface area contributed by atoms with Crippen molar-refractivity contribution in [3.05, 3.63) is 42.0 Å². The molecular weight excluding hydrogens is 354 g/mol. The van der Waals surface area contributed by atoms with Gasteiger partial charge in [0.2, 0.25) is 10.0 Å². The normalized spacial score (nSPS) is 16.7. The zero-order valence-corrected chi connectivity index (χ0v) is 16.0. The van der Waals surface area contributed by atoms with E-state index in [1.165, 1.54) is 0 Å². The molecule has 0 radical (unpaired) electrons. The van der Waals surface area contributed by atoms with Crippen molar-refractivity contribution in [2.45, 2.75) is 30.6 Å². The predicted molar refractivity (Wildman–Crippen MR) is 97.9 cm³/mol. The average molecular weight is 379 g/mol. The molecule has 1 aliphatic heterocycles. The standard InChI is InChI=1S/C18H25N3O4S/c1-14-13-16(3-4-17(14)25-12-11-24-2)26(22,23)21-9-5-15(6-10-21)18-19-7-8-20-18/h3-4,7-8,13,15H,5-6,9-12H2,1-2H3,(H,19,20). The van der Waals surface area contributed by atoms with Gasteiger partial charge >= 0.3 is 0 Å². The molecule has 1 fully saturated rings. The summed E-state index contributed by atoms with van der Waals surface area (Å²) in [6, 6.07) is 5.01. The van der Waals surface area contributed by atoms with E-state index < -0.39 is 10.0 Å². The van der Waals surface area contributed by atoms with Crippen LogP contribution in [-0.2, 0) is 14.8 Å². The van der Waals surface area contributed by atoms with E-state index in [0.717, 1.165) is 24.2 Å².